The van der Waals surface area contributed by atoms with Crippen molar-refractivity contribution in [3.63, 3.8) is 0 Å². The van der Waals surface area contributed by atoms with Gasteiger partial charge in [0.1, 0.15) is 5.60 Å². The van der Waals surface area contributed by atoms with Gasteiger partial charge in [0.2, 0.25) is 0 Å². The summed E-state index contributed by atoms with van der Waals surface area (Å²) >= 11 is 0. The number of hydrogen-bond donors (Lipinski definition) is 1. The van der Waals surface area contributed by atoms with Crippen LogP contribution in [0.5, 0.6) is 0 Å². The van der Waals surface area contributed by atoms with Crippen molar-refractivity contribution < 1.29 is 9.53 Å². The molecule has 144 valence electrons. The van der Waals surface area contributed by atoms with Crippen LogP contribution in [-0.4, -0.2) is 45.7 Å². The number of pyridine rings is 2. The molecule has 27 heavy (non-hydrogen) atoms. The van der Waals surface area contributed by atoms with E-state index < -0.39 is 5.60 Å². The second kappa shape index (κ2) is 7.18. The molecule has 1 N–H and O–H groups in total. The molecule has 0 saturated heterocycles. The molecule has 0 atom stereocenters. The topological polar surface area (TPSA) is 67.4 Å². The van der Waals surface area contributed by atoms with Crippen LogP contribution in [0.3, 0.4) is 0 Å². The number of carbonyl (C=O) groups is 1. The molecule has 0 aromatic carbocycles. The third kappa shape index (κ3) is 4.56. The number of aromatic nitrogens is 2. The van der Waals surface area contributed by atoms with E-state index in [0.29, 0.717) is 6.54 Å². The minimum absolute atomic E-state index is 0.190. The second-order valence-corrected chi connectivity index (χ2v) is 8.21. The highest BCUT2D eigenvalue weighted by Gasteiger charge is 2.49. The van der Waals surface area contributed by atoms with Crippen LogP contribution in [0.15, 0.2) is 36.8 Å². The Kier molecular flexibility index (Phi) is 5.09. The number of rotatable bonds is 5. The largest absolute Gasteiger partial charge is 0.444 e. The molecule has 1 aliphatic rings. The fraction of sp³-hybridized carbons (Fsp3) is 0.476. The zero-order chi connectivity index (χ0) is 19.7. The Balaban J connectivity index is 1.69. The molecular weight excluding hydrogens is 340 g/mol. The molecule has 2 aromatic rings. The molecule has 0 unspecified atom stereocenters. The van der Waals surface area contributed by atoms with E-state index >= 15 is 0 Å². The lowest BCUT2D eigenvalue weighted by Crippen LogP contribution is -2.45. The number of hydrogen-bond acceptors (Lipinski definition) is 5. The molecule has 0 bridgehead atoms. The summed E-state index contributed by atoms with van der Waals surface area (Å²) in [5.41, 5.74) is 3.40. The van der Waals surface area contributed by atoms with E-state index in [1.807, 2.05) is 53.1 Å². The van der Waals surface area contributed by atoms with Crippen LogP contribution in [0.25, 0.3) is 11.1 Å². The summed E-state index contributed by atoms with van der Waals surface area (Å²) in [5.74, 6) is 0. The van der Waals surface area contributed by atoms with Gasteiger partial charge in [-0.05, 0) is 64.3 Å². The lowest BCUT2D eigenvalue weighted by molar-refractivity contribution is 0.0206. The number of nitrogens with zero attached hydrogens (tertiary/aromatic N) is 3. The minimum Gasteiger partial charge on any atom is -0.444 e. The van der Waals surface area contributed by atoms with Crippen molar-refractivity contribution in [3.8, 4) is 11.1 Å². The fourth-order valence-electron chi connectivity index (χ4n) is 3.02. The molecule has 6 heteroatoms. The Morgan fingerprint density at radius 2 is 1.96 bits per heavy atom. The van der Waals surface area contributed by atoms with Gasteiger partial charge in [0.15, 0.2) is 0 Å². The molecule has 0 spiro atoms. The van der Waals surface area contributed by atoms with Crippen LogP contribution in [0.1, 0.15) is 39.3 Å². The number of aryl methyl sites for hydroxylation is 1. The van der Waals surface area contributed by atoms with Crippen molar-refractivity contribution in [2.75, 3.05) is 18.9 Å². The van der Waals surface area contributed by atoms with Crippen LogP contribution in [0.4, 0.5) is 10.5 Å². The maximum Gasteiger partial charge on any atom is 0.410 e. The molecular formula is C21H28N4O2. The summed E-state index contributed by atoms with van der Waals surface area (Å²) in [7, 11) is 1.82. The van der Waals surface area contributed by atoms with E-state index in [9.17, 15) is 4.79 Å². The first-order chi connectivity index (χ1) is 12.7. The van der Waals surface area contributed by atoms with Crippen molar-refractivity contribution >= 4 is 11.8 Å². The number of likely N-dealkylation sites (N-methyl/N-ethyl adjacent to an activating group) is 1. The molecule has 2 heterocycles. The average Bonchev–Trinajstić information content (AvgIpc) is 3.41. The summed E-state index contributed by atoms with van der Waals surface area (Å²) in [6.45, 7) is 8.32. The number of carbonyl (C=O) groups excluding carboxylic acids is 1. The van der Waals surface area contributed by atoms with Gasteiger partial charge in [-0.25, -0.2) is 4.79 Å². The Morgan fingerprint density at radius 1 is 1.30 bits per heavy atom. The molecule has 1 aliphatic carbocycles. The van der Waals surface area contributed by atoms with Crippen molar-refractivity contribution in [1.82, 2.24) is 14.9 Å². The summed E-state index contributed by atoms with van der Waals surface area (Å²) in [6.07, 6.45) is 7.05. The van der Waals surface area contributed by atoms with Crippen LogP contribution in [-0.2, 0) is 4.74 Å². The van der Waals surface area contributed by atoms with Gasteiger partial charge in [0, 0.05) is 37.2 Å². The first kappa shape index (κ1) is 19.1. The smallest absolute Gasteiger partial charge is 0.410 e. The van der Waals surface area contributed by atoms with Crippen LogP contribution in [0, 0.1) is 6.92 Å². The quantitative estimate of drug-likeness (QED) is 0.854. The van der Waals surface area contributed by atoms with Crippen molar-refractivity contribution in [3.05, 3.63) is 42.5 Å². The van der Waals surface area contributed by atoms with E-state index in [-0.39, 0.29) is 11.6 Å². The molecule has 1 fully saturated rings. The van der Waals surface area contributed by atoms with Crippen LogP contribution in [0.2, 0.25) is 0 Å². The summed E-state index contributed by atoms with van der Waals surface area (Å²) in [4.78, 5) is 22.7. The first-order valence-corrected chi connectivity index (χ1v) is 9.28. The Hall–Kier alpha value is -2.63. The number of anilines is 1. The Bertz CT molecular complexity index is 811. The lowest BCUT2D eigenvalue weighted by atomic mass is 10.1. The standard InChI is InChI=1S/C21H28N4O2/c1-15-18(16-6-10-22-11-7-16)12-17(13-23-15)24-14-21(8-9-21)25(5)19(26)27-20(2,3)4/h6-7,10-13,24H,8-9,14H2,1-5H3. The molecule has 1 saturated carbocycles. The van der Waals surface area contributed by atoms with Gasteiger partial charge in [-0.2, -0.15) is 0 Å². The molecule has 6 nitrogen and oxygen atoms in total. The maximum absolute atomic E-state index is 12.4. The van der Waals surface area contributed by atoms with Gasteiger partial charge in [0.25, 0.3) is 0 Å². The lowest BCUT2D eigenvalue weighted by Gasteiger charge is -2.31. The van der Waals surface area contributed by atoms with Gasteiger partial charge in [-0.15, -0.1) is 0 Å². The van der Waals surface area contributed by atoms with Gasteiger partial charge in [0.05, 0.1) is 17.4 Å². The molecule has 0 radical (unpaired) electrons. The summed E-state index contributed by atoms with van der Waals surface area (Å²) in [6, 6.07) is 6.06. The van der Waals surface area contributed by atoms with Crippen molar-refractivity contribution in [2.45, 2.75) is 51.7 Å². The monoisotopic (exact) mass is 368 g/mol. The highest BCUT2D eigenvalue weighted by molar-refractivity contribution is 5.71. The van der Waals surface area contributed by atoms with E-state index in [1.54, 1.807) is 17.3 Å². The van der Waals surface area contributed by atoms with Crippen LogP contribution < -0.4 is 5.32 Å². The normalized spacial score (nSPS) is 15.1. The minimum atomic E-state index is -0.491. The van der Waals surface area contributed by atoms with Crippen LogP contribution >= 0.6 is 0 Å². The second-order valence-electron chi connectivity index (χ2n) is 8.21. The number of ether oxygens (including phenoxy) is 1. The first-order valence-electron chi connectivity index (χ1n) is 9.28. The molecule has 1 amide bonds. The Labute approximate surface area is 161 Å². The Morgan fingerprint density at radius 3 is 2.56 bits per heavy atom. The maximum atomic E-state index is 12.4. The van der Waals surface area contributed by atoms with Gasteiger partial charge >= 0.3 is 6.09 Å². The zero-order valence-corrected chi connectivity index (χ0v) is 16.7. The average molecular weight is 368 g/mol. The van der Waals surface area contributed by atoms with E-state index in [1.165, 1.54) is 0 Å². The predicted molar refractivity (Wildman–Crippen MR) is 107 cm³/mol. The zero-order valence-electron chi connectivity index (χ0n) is 16.7. The van der Waals surface area contributed by atoms with E-state index in [4.69, 9.17) is 4.74 Å². The van der Waals surface area contributed by atoms with E-state index in [0.717, 1.165) is 35.3 Å². The van der Waals surface area contributed by atoms with E-state index in [2.05, 4.69) is 21.4 Å². The third-order valence-electron chi connectivity index (χ3n) is 4.91. The molecule has 3 rings (SSSR count). The summed E-state index contributed by atoms with van der Waals surface area (Å²) in [5, 5.41) is 3.46. The van der Waals surface area contributed by atoms with Gasteiger partial charge in [-0.3, -0.25) is 9.97 Å². The predicted octanol–water partition coefficient (Wildman–Crippen LogP) is 4.26. The van der Waals surface area contributed by atoms with Gasteiger partial charge < -0.3 is 15.0 Å². The van der Waals surface area contributed by atoms with Gasteiger partial charge in [-0.1, -0.05) is 0 Å². The molecule has 2 aromatic heterocycles. The third-order valence-corrected chi connectivity index (χ3v) is 4.91. The van der Waals surface area contributed by atoms with Crippen molar-refractivity contribution in [2.24, 2.45) is 0 Å². The van der Waals surface area contributed by atoms with Crippen molar-refractivity contribution in [1.29, 1.82) is 0 Å². The number of nitrogens with one attached hydrogen (secondary N) is 1. The highest BCUT2D eigenvalue weighted by Crippen LogP contribution is 2.41. The SMILES string of the molecule is Cc1ncc(NCC2(N(C)C(=O)OC(C)(C)C)CC2)cc1-c1ccncc1. The molecule has 0 aliphatic heterocycles. The summed E-state index contributed by atoms with van der Waals surface area (Å²) < 4.78 is 5.51. The fourth-order valence-corrected chi connectivity index (χ4v) is 3.02. The highest BCUT2D eigenvalue weighted by atomic mass is 16.6. The number of amides is 1.